The Morgan fingerprint density at radius 3 is 2.40 bits per heavy atom. The van der Waals surface area contributed by atoms with Gasteiger partial charge < -0.3 is 4.90 Å². The summed E-state index contributed by atoms with van der Waals surface area (Å²) in [6.45, 7) is 8.01. The van der Waals surface area contributed by atoms with Gasteiger partial charge in [-0.25, -0.2) is 0 Å². The lowest BCUT2D eigenvalue weighted by molar-refractivity contribution is 0.225. The van der Waals surface area contributed by atoms with Gasteiger partial charge in [0.1, 0.15) is 0 Å². The predicted molar refractivity (Wildman–Crippen MR) is 106 cm³/mol. The Morgan fingerprint density at radius 2 is 1.56 bits per heavy atom. The quantitative estimate of drug-likeness (QED) is 0.662. The van der Waals surface area contributed by atoms with Gasteiger partial charge in [-0.1, -0.05) is 61.0 Å². The Kier molecular flexibility index (Phi) is 7.54. The maximum absolute atomic E-state index is 3.30. The van der Waals surface area contributed by atoms with Crippen LogP contribution in [0.15, 0.2) is 54.6 Å². The van der Waals surface area contributed by atoms with Crippen LogP contribution in [-0.4, -0.2) is 24.5 Å². The zero-order valence-corrected chi connectivity index (χ0v) is 15.2. The number of benzene rings is 2. The molecule has 0 aromatic heterocycles. The number of nitrogens with zero attached hydrogens (tertiary/aromatic N) is 1. The van der Waals surface area contributed by atoms with Crippen molar-refractivity contribution in [3.63, 3.8) is 0 Å². The molecule has 0 spiro atoms. The van der Waals surface area contributed by atoms with Gasteiger partial charge in [0.2, 0.25) is 0 Å². The molecule has 1 saturated heterocycles. The molecule has 1 aliphatic heterocycles. The van der Waals surface area contributed by atoms with E-state index in [9.17, 15) is 0 Å². The van der Waals surface area contributed by atoms with E-state index in [0.717, 1.165) is 0 Å². The van der Waals surface area contributed by atoms with Crippen LogP contribution in [0, 0.1) is 13.1 Å². The van der Waals surface area contributed by atoms with Gasteiger partial charge in [-0.3, -0.25) is 5.32 Å². The van der Waals surface area contributed by atoms with Gasteiger partial charge in [-0.2, -0.15) is 0 Å². The molecular formula is C23H30N2. The van der Waals surface area contributed by atoms with Crippen molar-refractivity contribution in [2.24, 2.45) is 0 Å². The molecule has 1 aliphatic rings. The largest absolute Gasteiger partial charge is 0.303 e. The number of rotatable bonds is 9. The third-order valence-corrected chi connectivity index (χ3v) is 4.89. The topological polar surface area (TPSA) is 15.3 Å². The van der Waals surface area contributed by atoms with Crippen molar-refractivity contribution in [1.82, 2.24) is 10.2 Å². The van der Waals surface area contributed by atoms with Crippen LogP contribution in [-0.2, 0) is 6.42 Å². The van der Waals surface area contributed by atoms with Crippen molar-refractivity contribution in [3.05, 3.63) is 84.4 Å². The summed E-state index contributed by atoms with van der Waals surface area (Å²) in [6, 6.07) is 19.2. The van der Waals surface area contributed by atoms with E-state index in [-0.39, 0.29) is 0 Å². The molecule has 2 aromatic rings. The molecule has 3 rings (SSSR count). The number of hydrogen-bond acceptors (Lipinski definition) is 2. The van der Waals surface area contributed by atoms with E-state index in [1.165, 1.54) is 74.8 Å². The Morgan fingerprint density at radius 1 is 0.800 bits per heavy atom. The van der Waals surface area contributed by atoms with Crippen molar-refractivity contribution in [2.45, 2.75) is 38.5 Å². The van der Waals surface area contributed by atoms with Gasteiger partial charge in [0.25, 0.3) is 0 Å². The number of hydrogen-bond donors (Lipinski definition) is 1. The molecule has 25 heavy (non-hydrogen) atoms. The number of nitrogens with one attached hydrogen (secondary N) is 1. The Labute approximate surface area is 153 Å². The highest BCUT2D eigenvalue weighted by atomic mass is 15.1. The number of aryl methyl sites for hydroxylation is 1. The van der Waals surface area contributed by atoms with Crippen LogP contribution in [0.3, 0.4) is 0 Å². The summed E-state index contributed by atoms with van der Waals surface area (Å²) in [5.41, 5.74) is 3.86. The molecule has 2 aromatic carbocycles. The van der Waals surface area contributed by atoms with E-state index in [1.807, 2.05) is 12.6 Å². The van der Waals surface area contributed by atoms with Gasteiger partial charge in [0, 0.05) is 0 Å². The molecule has 0 aliphatic carbocycles. The van der Waals surface area contributed by atoms with Crippen molar-refractivity contribution in [3.8, 4) is 0 Å². The van der Waals surface area contributed by atoms with Gasteiger partial charge in [-0.15, -0.1) is 0 Å². The summed E-state index contributed by atoms with van der Waals surface area (Å²) in [5, 5.41) is 3.30. The highest BCUT2D eigenvalue weighted by Gasteiger charge is 2.08. The Hall–Kier alpha value is -1.64. The molecule has 0 atom stereocenters. The van der Waals surface area contributed by atoms with E-state index in [0.29, 0.717) is 0 Å². The molecule has 0 saturated carbocycles. The average molecular weight is 335 g/mol. The average Bonchev–Trinajstić information content (AvgIpc) is 2.67. The van der Waals surface area contributed by atoms with Crippen LogP contribution in [0.2, 0.25) is 0 Å². The van der Waals surface area contributed by atoms with E-state index < -0.39 is 0 Å². The zero-order chi connectivity index (χ0) is 17.2. The third-order valence-electron chi connectivity index (χ3n) is 4.89. The summed E-state index contributed by atoms with van der Waals surface area (Å²) in [7, 11) is 0. The van der Waals surface area contributed by atoms with Crippen molar-refractivity contribution < 1.29 is 0 Å². The normalized spacial score (nSPS) is 15.4. The summed E-state index contributed by atoms with van der Waals surface area (Å²) in [4.78, 5) is 2.64. The monoisotopic (exact) mass is 334 g/mol. The molecule has 0 amide bonds. The maximum atomic E-state index is 3.30. The van der Waals surface area contributed by atoms with Crippen molar-refractivity contribution in [1.29, 1.82) is 0 Å². The number of likely N-dealkylation sites (tertiary alicyclic amines) is 1. The Balaban J connectivity index is 1.35. The van der Waals surface area contributed by atoms with E-state index in [1.54, 1.807) is 0 Å². The van der Waals surface area contributed by atoms with Crippen LogP contribution in [0.5, 0.6) is 0 Å². The second kappa shape index (κ2) is 10.4. The summed E-state index contributed by atoms with van der Waals surface area (Å²) < 4.78 is 0. The summed E-state index contributed by atoms with van der Waals surface area (Å²) in [6.07, 6.45) is 7.99. The van der Waals surface area contributed by atoms with Crippen LogP contribution in [0.4, 0.5) is 0 Å². The van der Waals surface area contributed by atoms with Crippen molar-refractivity contribution >= 4 is 0 Å². The van der Waals surface area contributed by atoms with E-state index in [4.69, 9.17) is 0 Å². The third kappa shape index (κ3) is 6.64. The molecule has 1 fully saturated rings. The molecule has 2 radical (unpaired) electrons. The molecule has 0 unspecified atom stereocenters. The maximum Gasteiger partial charge on any atom is 0.0523 e. The van der Waals surface area contributed by atoms with Gasteiger partial charge in [0.05, 0.1) is 13.1 Å². The van der Waals surface area contributed by atoms with E-state index >= 15 is 0 Å². The van der Waals surface area contributed by atoms with Crippen LogP contribution >= 0.6 is 0 Å². The van der Waals surface area contributed by atoms with Gasteiger partial charge in [-0.05, 0) is 68.4 Å². The van der Waals surface area contributed by atoms with Gasteiger partial charge >= 0.3 is 0 Å². The van der Waals surface area contributed by atoms with Crippen molar-refractivity contribution in [2.75, 3.05) is 19.6 Å². The fraction of sp³-hybridized carbons (Fsp3) is 0.391. The molecule has 1 heterocycles. The number of unbranched alkanes of at least 4 members (excludes halogenated alkanes) is 1. The Bertz CT molecular complexity index is 602. The zero-order valence-electron chi connectivity index (χ0n) is 15.2. The first-order valence-corrected chi connectivity index (χ1v) is 9.69. The first-order chi connectivity index (χ1) is 12.4. The van der Waals surface area contributed by atoms with E-state index in [2.05, 4.69) is 65.3 Å². The molecule has 1 N–H and O–H groups in total. The smallest absolute Gasteiger partial charge is 0.0523 e. The molecule has 2 heteroatoms. The highest BCUT2D eigenvalue weighted by molar-refractivity contribution is 5.30. The van der Waals surface area contributed by atoms with Gasteiger partial charge in [0.15, 0.2) is 0 Å². The first-order valence-electron chi connectivity index (χ1n) is 9.69. The van der Waals surface area contributed by atoms with Crippen LogP contribution in [0.1, 0.15) is 48.8 Å². The minimum Gasteiger partial charge on any atom is -0.303 e. The highest BCUT2D eigenvalue weighted by Crippen LogP contribution is 2.13. The lowest BCUT2D eigenvalue weighted by Crippen LogP contribution is -2.30. The first kappa shape index (κ1) is 18.2. The molecular weight excluding hydrogens is 304 g/mol. The van der Waals surface area contributed by atoms with Crippen LogP contribution in [0.25, 0.3) is 0 Å². The lowest BCUT2D eigenvalue weighted by atomic mass is 10.0. The number of piperidine rings is 1. The minimum absolute atomic E-state index is 1.18. The molecule has 132 valence electrons. The fourth-order valence-corrected chi connectivity index (χ4v) is 3.47. The fourth-order valence-electron chi connectivity index (χ4n) is 3.47. The van der Waals surface area contributed by atoms with Crippen LogP contribution < -0.4 is 5.32 Å². The SMILES string of the molecule is [CH](N[CH]c1cccc(CCCCN2CCCCC2)c1)c1ccccc1. The summed E-state index contributed by atoms with van der Waals surface area (Å²) >= 11 is 0. The lowest BCUT2D eigenvalue weighted by Gasteiger charge is -2.26. The minimum atomic E-state index is 1.18. The molecule has 2 nitrogen and oxygen atoms in total. The standard InChI is InChI=1S/C23H30N2/c1-3-11-22(12-4-1)19-24-20-23-14-9-13-21(18-23)10-5-8-17-25-15-6-2-7-16-25/h1,3-4,9,11-14,18-20,24H,2,5-8,10,15-17H2. The molecule has 0 bridgehead atoms. The predicted octanol–water partition coefficient (Wildman–Crippen LogP) is 4.80. The second-order valence-electron chi connectivity index (χ2n) is 6.97. The summed E-state index contributed by atoms with van der Waals surface area (Å²) in [5.74, 6) is 0. The second-order valence-corrected chi connectivity index (χ2v) is 6.97.